The van der Waals surface area contributed by atoms with Crippen LogP contribution >= 0.6 is 0 Å². The minimum Gasteiger partial charge on any atom is -0.493 e. The molecule has 4 heteroatoms. The SMILES string of the molecule is Cc1cc(C)cc(OCCC(=O)N2CC[C@@H](N)C2)c1. The van der Waals surface area contributed by atoms with Gasteiger partial charge >= 0.3 is 0 Å². The number of ether oxygens (including phenoxy) is 1. The predicted octanol–water partition coefficient (Wildman–Crippen LogP) is 1.63. The van der Waals surface area contributed by atoms with Crippen molar-refractivity contribution in [1.82, 2.24) is 4.90 Å². The average Bonchev–Trinajstić information content (AvgIpc) is 2.74. The van der Waals surface area contributed by atoms with E-state index < -0.39 is 0 Å². The molecule has 0 bridgehead atoms. The lowest BCUT2D eigenvalue weighted by atomic mass is 10.1. The summed E-state index contributed by atoms with van der Waals surface area (Å²) in [5.74, 6) is 0.973. The van der Waals surface area contributed by atoms with Gasteiger partial charge in [0.25, 0.3) is 0 Å². The van der Waals surface area contributed by atoms with Crippen molar-refractivity contribution in [2.75, 3.05) is 19.7 Å². The van der Waals surface area contributed by atoms with Crippen molar-refractivity contribution < 1.29 is 9.53 Å². The van der Waals surface area contributed by atoms with Gasteiger partial charge in [-0.05, 0) is 43.5 Å². The third-order valence-corrected chi connectivity index (χ3v) is 3.36. The summed E-state index contributed by atoms with van der Waals surface area (Å²) in [6.07, 6.45) is 1.32. The van der Waals surface area contributed by atoms with Gasteiger partial charge in [-0.2, -0.15) is 0 Å². The Balaban J connectivity index is 1.78. The van der Waals surface area contributed by atoms with Gasteiger partial charge in [-0.25, -0.2) is 0 Å². The van der Waals surface area contributed by atoms with Crippen LogP contribution < -0.4 is 10.5 Å². The Bertz CT molecular complexity index is 439. The van der Waals surface area contributed by atoms with Crippen molar-refractivity contribution in [1.29, 1.82) is 0 Å². The molecule has 0 unspecified atom stereocenters. The Labute approximate surface area is 114 Å². The lowest BCUT2D eigenvalue weighted by Gasteiger charge is -2.16. The van der Waals surface area contributed by atoms with Gasteiger partial charge in [0.05, 0.1) is 13.0 Å². The van der Waals surface area contributed by atoms with E-state index in [0.717, 1.165) is 18.7 Å². The number of likely N-dealkylation sites (tertiary alicyclic amines) is 1. The van der Waals surface area contributed by atoms with Gasteiger partial charge in [-0.3, -0.25) is 4.79 Å². The van der Waals surface area contributed by atoms with Gasteiger partial charge in [0, 0.05) is 19.1 Å². The molecule has 1 aliphatic heterocycles. The number of hydrogen-bond donors (Lipinski definition) is 1. The second kappa shape index (κ2) is 6.06. The Morgan fingerprint density at radius 2 is 2.05 bits per heavy atom. The fourth-order valence-corrected chi connectivity index (χ4v) is 2.44. The van der Waals surface area contributed by atoms with Crippen molar-refractivity contribution in [2.24, 2.45) is 5.73 Å². The van der Waals surface area contributed by atoms with E-state index in [0.29, 0.717) is 19.6 Å². The Morgan fingerprint density at radius 3 is 2.63 bits per heavy atom. The van der Waals surface area contributed by atoms with Crippen LogP contribution in [0.15, 0.2) is 18.2 Å². The summed E-state index contributed by atoms with van der Waals surface area (Å²) in [7, 11) is 0. The van der Waals surface area contributed by atoms with Crippen molar-refractivity contribution in [2.45, 2.75) is 32.7 Å². The van der Waals surface area contributed by atoms with E-state index in [1.54, 1.807) is 0 Å². The van der Waals surface area contributed by atoms with E-state index in [1.165, 1.54) is 11.1 Å². The van der Waals surface area contributed by atoms with E-state index in [1.807, 2.05) is 30.9 Å². The smallest absolute Gasteiger partial charge is 0.226 e. The first-order chi connectivity index (χ1) is 9.04. The number of nitrogens with two attached hydrogens (primary N) is 1. The molecule has 1 saturated heterocycles. The monoisotopic (exact) mass is 262 g/mol. The van der Waals surface area contributed by atoms with Crippen molar-refractivity contribution >= 4 is 5.91 Å². The number of amides is 1. The lowest BCUT2D eigenvalue weighted by molar-refractivity contribution is -0.130. The fraction of sp³-hybridized carbons (Fsp3) is 0.533. The molecule has 0 spiro atoms. The largest absolute Gasteiger partial charge is 0.493 e. The number of aryl methyl sites for hydroxylation is 2. The van der Waals surface area contributed by atoms with E-state index in [4.69, 9.17) is 10.5 Å². The second-order valence-corrected chi connectivity index (χ2v) is 5.31. The highest BCUT2D eigenvalue weighted by Crippen LogP contribution is 2.16. The van der Waals surface area contributed by atoms with Crippen LogP contribution in [0.3, 0.4) is 0 Å². The summed E-state index contributed by atoms with van der Waals surface area (Å²) in [4.78, 5) is 13.7. The predicted molar refractivity (Wildman–Crippen MR) is 75.2 cm³/mol. The first-order valence-electron chi connectivity index (χ1n) is 6.79. The standard InChI is InChI=1S/C15H22N2O2/c1-11-7-12(2)9-14(8-11)19-6-4-15(18)17-5-3-13(16)10-17/h7-9,13H,3-6,10,16H2,1-2H3/t13-/m1/s1. The van der Waals surface area contributed by atoms with Crippen LogP contribution in [0.4, 0.5) is 0 Å². The van der Waals surface area contributed by atoms with Gasteiger partial charge in [-0.1, -0.05) is 6.07 Å². The van der Waals surface area contributed by atoms with Gasteiger partial charge in [0.2, 0.25) is 5.91 Å². The first-order valence-corrected chi connectivity index (χ1v) is 6.79. The van der Waals surface area contributed by atoms with Gasteiger partial charge in [0.1, 0.15) is 5.75 Å². The summed E-state index contributed by atoms with van der Waals surface area (Å²) in [5, 5.41) is 0. The van der Waals surface area contributed by atoms with E-state index in [2.05, 4.69) is 6.07 Å². The van der Waals surface area contributed by atoms with Gasteiger partial charge in [-0.15, -0.1) is 0 Å². The van der Waals surface area contributed by atoms with Crippen LogP contribution in [0.2, 0.25) is 0 Å². The van der Waals surface area contributed by atoms with Crippen LogP contribution in [0.25, 0.3) is 0 Å². The molecule has 0 aromatic heterocycles. The molecule has 1 atom stereocenters. The van der Waals surface area contributed by atoms with Gasteiger partial charge in [0.15, 0.2) is 0 Å². The zero-order valence-electron chi connectivity index (χ0n) is 11.7. The fourth-order valence-electron chi connectivity index (χ4n) is 2.44. The summed E-state index contributed by atoms with van der Waals surface area (Å²) < 4.78 is 5.65. The molecule has 4 nitrogen and oxygen atoms in total. The van der Waals surface area contributed by atoms with Crippen LogP contribution in [0.5, 0.6) is 5.75 Å². The zero-order chi connectivity index (χ0) is 13.8. The molecular formula is C15H22N2O2. The quantitative estimate of drug-likeness (QED) is 0.897. The average molecular weight is 262 g/mol. The highest BCUT2D eigenvalue weighted by molar-refractivity contribution is 5.76. The zero-order valence-corrected chi connectivity index (χ0v) is 11.7. The molecule has 19 heavy (non-hydrogen) atoms. The van der Waals surface area contributed by atoms with Gasteiger partial charge < -0.3 is 15.4 Å². The molecule has 1 fully saturated rings. The normalized spacial score (nSPS) is 18.7. The number of carbonyl (C=O) groups excluding carboxylic acids is 1. The molecule has 1 aromatic rings. The number of benzene rings is 1. The van der Waals surface area contributed by atoms with Crippen LogP contribution in [0.1, 0.15) is 24.0 Å². The number of carbonyl (C=O) groups is 1. The topological polar surface area (TPSA) is 55.6 Å². The molecule has 2 rings (SSSR count). The van der Waals surface area contributed by atoms with Crippen LogP contribution in [-0.2, 0) is 4.79 Å². The summed E-state index contributed by atoms with van der Waals surface area (Å²) >= 11 is 0. The maximum Gasteiger partial charge on any atom is 0.226 e. The Hall–Kier alpha value is -1.55. The number of rotatable bonds is 4. The molecule has 0 radical (unpaired) electrons. The van der Waals surface area contributed by atoms with Crippen molar-refractivity contribution in [3.63, 3.8) is 0 Å². The summed E-state index contributed by atoms with van der Waals surface area (Å²) in [5.41, 5.74) is 8.14. The maximum absolute atomic E-state index is 11.9. The highest BCUT2D eigenvalue weighted by atomic mass is 16.5. The molecular weight excluding hydrogens is 240 g/mol. The summed E-state index contributed by atoms with van der Waals surface area (Å²) in [6.45, 7) is 5.96. The minimum absolute atomic E-state index is 0.136. The summed E-state index contributed by atoms with van der Waals surface area (Å²) in [6, 6.07) is 6.22. The van der Waals surface area contributed by atoms with E-state index in [-0.39, 0.29) is 11.9 Å². The maximum atomic E-state index is 11.9. The second-order valence-electron chi connectivity index (χ2n) is 5.31. The van der Waals surface area contributed by atoms with E-state index in [9.17, 15) is 4.79 Å². The number of hydrogen-bond acceptors (Lipinski definition) is 3. The molecule has 2 N–H and O–H groups in total. The van der Waals surface area contributed by atoms with E-state index >= 15 is 0 Å². The molecule has 1 aromatic carbocycles. The Morgan fingerprint density at radius 1 is 1.37 bits per heavy atom. The first kappa shape index (κ1) is 13.9. The minimum atomic E-state index is 0.136. The highest BCUT2D eigenvalue weighted by Gasteiger charge is 2.23. The van der Waals surface area contributed by atoms with Crippen LogP contribution in [0, 0.1) is 13.8 Å². The third-order valence-electron chi connectivity index (χ3n) is 3.36. The van der Waals surface area contributed by atoms with Crippen LogP contribution in [-0.4, -0.2) is 36.5 Å². The third kappa shape index (κ3) is 3.96. The molecule has 0 aliphatic carbocycles. The van der Waals surface area contributed by atoms with Crippen molar-refractivity contribution in [3.8, 4) is 5.75 Å². The Kier molecular flexibility index (Phi) is 4.43. The molecule has 104 valence electrons. The molecule has 0 saturated carbocycles. The van der Waals surface area contributed by atoms with Crippen molar-refractivity contribution in [3.05, 3.63) is 29.3 Å². The number of nitrogens with zero attached hydrogens (tertiary/aromatic N) is 1. The molecule has 1 amide bonds. The molecule has 1 heterocycles. The molecule has 1 aliphatic rings. The lowest BCUT2D eigenvalue weighted by Crippen LogP contribution is -2.32.